The SMILES string of the molecule is C[C@H](O)c1nccn1C(/C=C/c1ccc(-c2ccc(C3CC(CN4CC(S(C)(=O)=O)C4)C3)cc2)cc1)CO. The monoisotopic (exact) mass is 535 g/mol. The topological polar surface area (TPSA) is 95.7 Å². The van der Waals surface area contributed by atoms with Crippen LogP contribution in [-0.2, 0) is 9.84 Å². The highest BCUT2D eigenvalue weighted by molar-refractivity contribution is 7.91. The normalized spacial score (nSPS) is 22.2. The fourth-order valence-electron chi connectivity index (χ4n) is 5.59. The zero-order valence-electron chi connectivity index (χ0n) is 22.0. The van der Waals surface area contributed by atoms with Gasteiger partial charge in [-0.25, -0.2) is 13.4 Å². The molecule has 2 atom stereocenters. The van der Waals surface area contributed by atoms with E-state index in [0.717, 1.165) is 17.7 Å². The van der Waals surface area contributed by atoms with Crippen LogP contribution in [0.5, 0.6) is 0 Å². The average Bonchev–Trinajstić information content (AvgIpc) is 3.32. The number of nitrogens with zero attached hydrogens (tertiary/aromatic N) is 3. The van der Waals surface area contributed by atoms with Crippen LogP contribution in [0.1, 0.15) is 54.8 Å². The van der Waals surface area contributed by atoms with Crippen molar-refractivity contribution in [1.29, 1.82) is 0 Å². The van der Waals surface area contributed by atoms with E-state index in [-0.39, 0.29) is 17.9 Å². The number of hydrogen-bond donors (Lipinski definition) is 2. The smallest absolute Gasteiger partial charge is 0.152 e. The van der Waals surface area contributed by atoms with Crippen molar-refractivity contribution in [2.45, 2.75) is 43.1 Å². The Labute approximate surface area is 225 Å². The standard InChI is InChI=1S/C30H37N3O4S/c1-21(35)30-31-13-14-33(30)28(20-34)12-5-22-3-6-24(7-4-22)25-8-10-26(11-9-25)27-15-23(16-27)17-32-18-29(19-32)38(2,36)37/h3-14,21,23,27-29,34-35H,15-20H2,1-2H3/b12-5+/t21-,23?,27?,28?/m0/s1. The van der Waals surface area contributed by atoms with Gasteiger partial charge < -0.3 is 19.7 Å². The molecule has 2 fully saturated rings. The summed E-state index contributed by atoms with van der Waals surface area (Å²) in [5, 5.41) is 19.6. The summed E-state index contributed by atoms with van der Waals surface area (Å²) in [5.74, 6) is 1.79. The molecule has 2 aromatic carbocycles. The highest BCUT2D eigenvalue weighted by Crippen LogP contribution is 2.43. The maximum Gasteiger partial charge on any atom is 0.152 e. The van der Waals surface area contributed by atoms with Gasteiger partial charge in [-0.1, -0.05) is 60.7 Å². The summed E-state index contributed by atoms with van der Waals surface area (Å²) >= 11 is 0. The lowest BCUT2D eigenvalue weighted by atomic mass is 9.71. The number of hydrogen-bond acceptors (Lipinski definition) is 6. The Morgan fingerprint density at radius 2 is 1.68 bits per heavy atom. The van der Waals surface area contributed by atoms with Crippen molar-refractivity contribution < 1.29 is 18.6 Å². The molecule has 2 aliphatic rings. The van der Waals surface area contributed by atoms with Crippen LogP contribution >= 0.6 is 0 Å². The molecule has 1 aliphatic heterocycles. The predicted octanol–water partition coefficient (Wildman–Crippen LogP) is 4.07. The Bertz CT molecular complexity index is 1350. The van der Waals surface area contributed by atoms with Gasteiger partial charge in [0, 0.05) is 38.3 Å². The molecule has 1 saturated heterocycles. The molecular formula is C30H37N3O4S. The Morgan fingerprint density at radius 1 is 1.05 bits per heavy atom. The number of benzene rings is 2. The molecule has 7 nitrogen and oxygen atoms in total. The van der Waals surface area contributed by atoms with E-state index in [1.54, 1.807) is 23.9 Å². The highest BCUT2D eigenvalue weighted by Gasteiger charge is 2.38. The van der Waals surface area contributed by atoms with Crippen molar-refractivity contribution in [2.75, 3.05) is 32.5 Å². The number of aromatic nitrogens is 2. The third-order valence-electron chi connectivity index (χ3n) is 8.03. The van der Waals surface area contributed by atoms with Crippen LogP contribution in [0.15, 0.2) is 67.0 Å². The van der Waals surface area contributed by atoms with Gasteiger partial charge in [0.25, 0.3) is 0 Å². The van der Waals surface area contributed by atoms with E-state index in [2.05, 4.69) is 58.4 Å². The first-order valence-electron chi connectivity index (χ1n) is 13.3. The van der Waals surface area contributed by atoms with Crippen LogP contribution in [0.2, 0.25) is 0 Å². The first-order valence-corrected chi connectivity index (χ1v) is 15.3. The minimum atomic E-state index is -2.89. The fourth-order valence-corrected chi connectivity index (χ4v) is 6.55. The van der Waals surface area contributed by atoms with Crippen molar-refractivity contribution in [1.82, 2.24) is 14.5 Å². The molecule has 2 heterocycles. The number of aliphatic hydroxyl groups excluding tert-OH is 2. The van der Waals surface area contributed by atoms with Gasteiger partial charge in [-0.2, -0.15) is 0 Å². The van der Waals surface area contributed by atoms with E-state index >= 15 is 0 Å². The third-order valence-corrected chi connectivity index (χ3v) is 9.54. The molecule has 202 valence electrons. The van der Waals surface area contributed by atoms with Gasteiger partial charge in [0.1, 0.15) is 11.9 Å². The Hall–Kier alpha value is -2.78. The largest absolute Gasteiger partial charge is 0.394 e. The lowest BCUT2D eigenvalue weighted by molar-refractivity contribution is 0.112. The van der Waals surface area contributed by atoms with Gasteiger partial charge in [0.15, 0.2) is 9.84 Å². The van der Waals surface area contributed by atoms with E-state index < -0.39 is 15.9 Å². The molecule has 38 heavy (non-hydrogen) atoms. The molecule has 1 aromatic heterocycles. The van der Waals surface area contributed by atoms with Crippen molar-refractivity contribution in [3.63, 3.8) is 0 Å². The minimum absolute atomic E-state index is 0.0827. The molecule has 1 aliphatic carbocycles. The van der Waals surface area contributed by atoms with Crippen LogP contribution in [0.25, 0.3) is 17.2 Å². The first kappa shape index (κ1) is 26.8. The summed E-state index contributed by atoms with van der Waals surface area (Å²) in [7, 11) is -2.89. The van der Waals surface area contributed by atoms with Gasteiger partial charge in [0.2, 0.25) is 0 Å². The zero-order chi connectivity index (χ0) is 26.9. The number of likely N-dealkylation sites (tertiary alicyclic amines) is 1. The van der Waals surface area contributed by atoms with Crippen LogP contribution < -0.4 is 0 Å². The molecule has 0 bridgehead atoms. The van der Waals surface area contributed by atoms with Crippen LogP contribution in [-0.4, -0.2) is 70.8 Å². The van der Waals surface area contributed by atoms with Gasteiger partial charge in [0.05, 0.1) is 17.9 Å². The van der Waals surface area contributed by atoms with Crippen LogP contribution in [0.3, 0.4) is 0 Å². The molecule has 0 spiro atoms. The maximum atomic E-state index is 11.6. The van der Waals surface area contributed by atoms with Gasteiger partial charge >= 0.3 is 0 Å². The average molecular weight is 536 g/mol. The van der Waals surface area contributed by atoms with Crippen molar-refractivity contribution in [2.24, 2.45) is 5.92 Å². The second-order valence-electron chi connectivity index (χ2n) is 10.9. The third kappa shape index (κ3) is 5.94. The van der Waals surface area contributed by atoms with Crippen molar-refractivity contribution in [3.05, 3.63) is 84.0 Å². The number of aliphatic hydroxyl groups is 2. The molecule has 1 unspecified atom stereocenters. The molecule has 8 heteroatoms. The summed E-state index contributed by atoms with van der Waals surface area (Å²) < 4.78 is 25.0. The summed E-state index contributed by atoms with van der Waals surface area (Å²) in [6, 6.07) is 16.9. The lowest BCUT2D eigenvalue weighted by Crippen LogP contribution is -2.56. The number of rotatable bonds is 10. The lowest BCUT2D eigenvalue weighted by Gasteiger charge is -2.44. The summed E-state index contributed by atoms with van der Waals surface area (Å²) in [6.07, 6.45) is 10.3. The Morgan fingerprint density at radius 3 is 2.26 bits per heavy atom. The molecule has 1 saturated carbocycles. The first-order chi connectivity index (χ1) is 18.2. The molecule has 2 N–H and O–H groups in total. The van der Waals surface area contributed by atoms with Crippen LogP contribution in [0.4, 0.5) is 0 Å². The summed E-state index contributed by atoms with van der Waals surface area (Å²) in [5.41, 5.74) is 4.75. The Kier molecular flexibility index (Phi) is 7.86. The minimum Gasteiger partial charge on any atom is -0.394 e. The van der Waals surface area contributed by atoms with E-state index in [1.165, 1.54) is 30.2 Å². The molecule has 5 rings (SSSR count). The van der Waals surface area contributed by atoms with Gasteiger partial charge in [-0.15, -0.1) is 0 Å². The van der Waals surface area contributed by atoms with Crippen molar-refractivity contribution >= 4 is 15.9 Å². The van der Waals surface area contributed by atoms with Gasteiger partial charge in [-0.05, 0) is 53.9 Å². The Balaban J connectivity index is 1.13. The zero-order valence-corrected chi connectivity index (χ0v) is 22.8. The van der Waals surface area contributed by atoms with E-state index in [0.29, 0.717) is 30.7 Å². The van der Waals surface area contributed by atoms with Gasteiger partial charge in [-0.3, -0.25) is 0 Å². The van der Waals surface area contributed by atoms with E-state index in [4.69, 9.17) is 0 Å². The second-order valence-corrected chi connectivity index (χ2v) is 13.3. The molecule has 0 radical (unpaired) electrons. The molecule has 3 aromatic rings. The second kappa shape index (κ2) is 11.1. The quantitative estimate of drug-likeness (QED) is 0.406. The van der Waals surface area contributed by atoms with E-state index in [1.807, 2.05) is 12.2 Å². The fraction of sp³-hybridized carbons (Fsp3) is 0.433. The highest BCUT2D eigenvalue weighted by atomic mass is 32.2. The van der Waals surface area contributed by atoms with Crippen LogP contribution in [0, 0.1) is 5.92 Å². The molecule has 0 amide bonds. The van der Waals surface area contributed by atoms with Crippen molar-refractivity contribution in [3.8, 4) is 11.1 Å². The van der Waals surface area contributed by atoms with E-state index in [9.17, 15) is 18.6 Å². The summed E-state index contributed by atoms with van der Waals surface area (Å²) in [4.78, 5) is 6.47. The summed E-state index contributed by atoms with van der Waals surface area (Å²) in [6.45, 7) is 3.99. The number of sulfone groups is 1. The maximum absolute atomic E-state index is 11.6. The predicted molar refractivity (Wildman–Crippen MR) is 150 cm³/mol. The number of imidazole rings is 1. The molecular weight excluding hydrogens is 498 g/mol.